The van der Waals surface area contributed by atoms with Gasteiger partial charge in [-0.25, -0.2) is 0 Å². The van der Waals surface area contributed by atoms with E-state index in [1.54, 1.807) is 12.1 Å². The van der Waals surface area contributed by atoms with Crippen LogP contribution in [-0.2, 0) is 10.7 Å². The predicted octanol–water partition coefficient (Wildman–Crippen LogP) is -6.95. The molecule has 0 bridgehead atoms. The van der Waals surface area contributed by atoms with E-state index in [9.17, 15) is 10.4 Å². The fourth-order valence-electron chi connectivity index (χ4n) is 5.72. The molecule has 2 aromatic carbocycles. The smallest absolute Gasteiger partial charge is 0.258 e. The van der Waals surface area contributed by atoms with Crippen molar-refractivity contribution in [1.82, 2.24) is 15.5 Å². The number of benzene rings is 2. The topological polar surface area (TPSA) is 104 Å². The molecule has 40 heavy (non-hydrogen) atoms. The number of nitrogens with one attached hydrogen (secondary N) is 1. The van der Waals surface area contributed by atoms with Gasteiger partial charge in [-0.2, -0.15) is 10.2 Å². The molecule has 0 radical (unpaired) electrons. The van der Waals surface area contributed by atoms with Gasteiger partial charge in [0.05, 0.1) is 11.1 Å². The van der Waals surface area contributed by atoms with Gasteiger partial charge in [0, 0.05) is 22.0 Å². The lowest BCUT2D eigenvalue weighted by Gasteiger charge is -2.54. The van der Waals surface area contributed by atoms with Gasteiger partial charge in [-0.15, -0.1) is 0 Å². The second-order valence-electron chi connectivity index (χ2n) is 14.4. The van der Waals surface area contributed by atoms with Crippen LogP contribution in [0.2, 0.25) is 5.21 Å². The number of ether oxygens (including phenoxy) is 1. The Morgan fingerprint density at radius 3 is 2.25 bits per heavy atom. The molecule has 194 valence electrons. The second-order valence-corrected chi connectivity index (χ2v) is 14.4. The van der Waals surface area contributed by atoms with Gasteiger partial charge >= 0.3 is 0 Å². The zero-order chi connectivity index (χ0) is 30.1. The van der Waals surface area contributed by atoms with Gasteiger partial charge in [0.1, 0.15) is 82.4 Å². The highest BCUT2D eigenvalue weighted by molar-refractivity contribution is 6.59. The Hall–Kier alpha value is -2.56. The van der Waals surface area contributed by atoms with Crippen molar-refractivity contribution in [2.24, 2.45) is 0 Å². The van der Waals surface area contributed by atoms with Gasteiger partial charge in [-0.05, 0) is 48.5 Å². The minimum absolute atomic E-state index is 0.252. The van der Waals surface area contributed by atoms with Gasteiger partial charge in [0.25, 0.3) is 5.89 Å². The summed E-state index contributed by atoms with van der Waals surface area (Å²) in [6, 6.07) is 13.8. The standard InChI is InChI=1S/C23H34B10N4O3/c1-18(2,24)39-14-7-6-10(8-11(14)9-34)17-35-16(36-40-17)12-4-3-5-13-15(12)19(25,26)21(28,29)20(13,27)37-22(30,31)23(32,33)38/h3-8,37-38H,24-33H2,1-2H3/t20-/m1/s1. The average molecular weight is 523 g/mol. The van der Waals surface area contributed by atoms with Gasteiger partial charge in [0.2, 0.25) is 5.82 Å². The molecule has 0 fully saturated rings. The molecule has 0 saturated carbocycles. The summed E-state index contributed by atoms with van der Waals surface area (Å²) >= 11 is 0. The molecule has 4 rings (SSSR count). The Kier molecular flexibility index (Phi) is 7.21. The number of hydrogen-bond acceptors (Lipinski definition) is 7. The summed E-state index contributed by atoms with van der Waals surface area (Å²) in [6.07, 6.45) is 0. The lowest BCUT2D eigenvalue weighted by Crippen LogP contribution is -2.72. The molecule has 7 nitrogen and oxygen atoms in total. The summed E-state index contributed by atoms with van der Waals surface area (Å²) < 4.78 is 11.7. The van der Waals surface area contributed by atoms with Crippen LogP contribution in [0.15, 0.2) is 40.9 Å². The molecule has 0 unspecified atom stereocenters. The van der Waals surface area contributed by atoms with E-state index in [0.717, 1.165) is 16.7 Å². The second kappa shape index (κ2) is 9.49. The summed E-state index contributed by atoms with van der Waals surface area (Å²) in [5.74, 6) is 1.35. The van der Waals surface area contributed by atoms with Crippen LogP contribution in [0.3, 0.4) is 0 Å². The molecule has 1 aliphatic rings. The summed E-state index contributed by atoms with van der Waals surface area (Å²) in [5, 5.41) is 26.9. The summed E-state index contributed by atoms with van der Waals surface area (Å²) in [4.78, 5) is 4.79. The van der Waals surface area contributed by atoms with E-state index in [1.165, 1.54) is 0 Å². The Morgan fingerprint density at radius 2 is 1.68 bits per heavy atom. The minimum Gasteiger partial charge on any atom is -0.496 e. The first kappa shape index (κ1) is 30.4. The number of aromatic nitrogens is 2. The normalized spacial score (nSPS) is 19.9. The molecule has 1 atom stereocenters. The molecule has 0 aliphatic heterocycles. The first-order valence-electron chi connectivity index (χ1n) is 13.9. The summed E-state index contributed by atoms with van der Waals surface area (Å²) in [6.45, 7) is 3.89. The number of nitriles is 1. The van der Waals surface area contributed by atoms with Crippen LogP contribution in [0, 0.1) is 11.3 Å². The molecule has 1 aliphatic carbocycles. The molecule has 1 heterocycles. The van der Waals surface area contributed by atoms with E-state index in [2.05, 4.69) is 61.8 Å². The van der Waals surface area contributed by atoms with Crippen molar-refractivity contribution in [2.45, 2.75) is 46.0 Å². The van der Waals surface area contributed by atoms with E-state index < -0.39 is 21.7 Å². The minimum atomic E-state index is -0.949. The average Bonchev–Trinajstić information content (AvgIpc) is 3.35. The molecular weight excluding hydrogens is 488 g/mol. The highest BCUT2D eigenvalue weighted by atomic mass is 16.5. The van der Waals surface area contributed by atoms with E-state index >= 15 is 0 Å². The fourth-order valence-corrected chi connectivity index (χ4v) is 5.72. The third-order valence-electron chi connectivity index (χ3n) is 9.56. The van der Waals surface area contributed by atoms with E-state index in [4.69, 9.17) is 14.2 Å². The van der Waals surface area contributed by atoms with Crippen molar-refractivity contribution in [3.05, 3.63) is 53.1 Å². The van der Waals surface area contributed by atoms with Crippen LogP contribution in [0.4, 0.5) is 0 Å². The van der Waals surface area contributed by atoms with Crippen molar-refractivity contribution >= 4 is 78.5 Å². The third-order valence-corrected chi connectivity index (χ3v) is 9.56. The Balaban J connectivity index is 1.82. The molecular formula is C23H34B10N4O3. The van der Waals surface area contributed by atoms with Gasteiger partial charge in [0.15, 0.2) is 7.85 Å². The van der Waals surface area contributed by atoms with Crippen LogP contribution < -0.4 is 10.1 Å². The number of rotatable bonds is 7. The van der Waals surface area contributed by atoms with Crippen molar-refractivity contribution in [3.63, 3.8) is 0 Å². The number of hydrogen-bond donors (Lipinski definition) is 2. The van der Waals surface area contributed by atoms with E-state index in [-0.39, 0.29) is 10.4 Å². The van der Waals surface area contributed by atoms with Crippen molar-refractivity contribution in [3.8, 4) is 34.7 Å². The Bertz CT molecular complexity index is 1510. The third kappa shape index (κ3) is 4.81. The zero-order valence-corrected chi connectivity index (χ0v) is 26.1. The Morgan fingerprint density at radius 1 is 1.02 bits per heavy atom. The summed E-state index contributed by atoms with van der Waals surface area (Å²) in [7, 11) is 21.0. The zero-order valence-electron chi connectivity index (χ0n) is 26.1. The van der Waals surface area contributed by atoms with Crippen molar-refractivity contribution in [2.75, 3.05) is 0 Å². The largest absolute Gasteiger partial charge is 0.496 e. The SMILES string of the molecule is BC(C)(C)Oc1ccc(-c2nc(-c3cccc4c3C(B)(B)C(B)(B)[C@]4(B)NC(B)(B)C(B)(B)O)no2)cc1C#N. The molecule has 0 spiro atoms. The van der Waals surface area contributed by atoms with E-state index in [0.29, 0.717) is 28.6 Å². The van der Waals surface area contributed by atoms with Gasteiger partial charge < -0.3 is 19.7 Å². The highest BCUT2D eigenvalue weighted by Gasteiger charge is 2.60. The van der Waals surface area contributed by atoms with Gasteiger partial charge in [-0.1, -0.05) is 33.8 Å². The fraction of sp³-hybridized carbons (Fsp3) is 0.348. The maximum atomic E-state index is 11.0. The first-order valence-corrected chi connectivity index (χ1v) is 13.9. The quantitative estimate of drug-likeness (QED) is 0.297. The van der Waals surface area contributed by atoms with Crippen LogP contribution in [-0.4, -0.2) is 110 Å². The van der Waals surface area contributed by atoms with Crippen LogP contribution in [0.25, 0.3) is 22.8 Å². The maximum absolute atomic E-state index is 11.0. The molecule has 0 saturated heterocycles. The van der Waals surface area contributed by atoms with Gasteiger partial charge in [-0.3, -0.25) is 0 Å². The van der Waals surface area contributed by atoms with Crippen molar-refractivity contribution in [1.29, 1.82) is 5.26 Å². The molecule has 3 aromatic rings. The first-order chi connectivity index (χ1) is 18.2. The lowest BCUT2D eigenvalue weighted by atomic mass is 9.24. The molecule has 0 amide bonds. The van der Waals surface area contributed by atoms with Crippen LogP contribution >= 0.6 is 0 Å². The number of aliphatic hydroxyl groups is 1. The monoisotopic (exact) mass is 524 g/mol. The van der Waals surface area contributed by atoms with E-state index in [1.807, 2.05) is 71.3 Å². The maximum Gasteiger partial charge on any atom is 0.258 e. The van der Waals surface area contributed by atoms with Crippen LogP contribution in [0.1, 0.15) is 30.5 Å². The van der Waals surface area contributed by atoms with Crippen molar-refractivity contribution < 1.29 is 14.4 Å². The molecule has 17 heteroatoms. The molecule has 1 aromatic heterocycles. The highest BCUT2D eigenvalue weighted by Crippen LogP contribution is 2.60. The lowest BCUT2D eigenvalue weighted by molar-refractivity contribution is 0.161. The van der Waals surface area contributed by atoms with Crippen LogP contribution in [0.5, 0.6) is 5.75 Å². The molecule has 2 N–H and O–H groups in total. The number of fused-ring (bicyclic) bond motifs is 1. The summed E-state index contributed by atoms with van der Waals surface area (Å²) in [5.41, 5.74) is 3.38. The number of nitrogens with zero attached hydrogens (tertiary/aromatic N) is 3. The predicted molar refractivity (Wildman–Crippen MR) is 187 cm³/mol. The Labute approximate surface area is 246 Å².